The molecule has 130 valence electrons. The van der Waals surface area contributed by atoms with Crippen molar-refractivity contribution in [1.82, 2.24) is 20.0 Å². The van der Waals surface area contributed by atoms with Crippen LogP contribution < -0.4 is 15.7 Å². The number of hydrazine groups is 1. The number of benzene rings is 1. The number of carbonyl (C=O) groups is 2. The molecule has 8 heteroatoms. The van der Waals surface area contributed by atoms with Crippen molar-refractivity contribution < 1.29 is 9.59 Å². The van der Waals surface area contributed by atoms with Gasteiger partial charge in [0.15, 0.2) is 0 Å². The summed E-state index contributed by atoms with van der Waals surface area (Å²) in [6.07, 6.45) is 1.83. The average molecular weight is 358 g/mol. The van der Waals surface area contributed by atoms with E-state index < -0.39 is 0 Å². The van der Waals surface area contributed by atoms with Gasteiger partial charge in [-0.2, -0.15) is 0 Å². The predicted molar refractivity (Wildman–Crippen MR) is 96.5 cm³/mol. The van der Waals surface area contributed by atoms with Gasteiger partial charge in [-0.25, -0.2) is 0 Å². The molecular weight excluding hydrogens is 340 g/mol. The lowest BCUT2D eigenvalue weighted by molar-refractivity contribution is -0.122. The van der Waals surface area contributed by atoms with Crippen molar-refractivity contribution >= 4 is 34.1 Å². The Hall–Kier alpha value is -2.87. The summed E-state index contributed by atoms with van der Waals surface area (Å²) in [6.45, 7) is 2.10. The fourth-order valence-corrected chi connectivity index (χ4v) is 3.43. The van der Waals surface area contributed by atoms with Crippen molar-refractivity contribution in [2.45, 2.75) is 19.9 Å². The summed E-state index contributed by atoms with van der Waals surface area (Å²) in [5, 5.41) is 2.57. The minimum absolute atomic E-state index is 0.0925. The molecule has 25 heavy (non-hydrogen) atoms. The van der Waals surface area contributed by atoms with Gasteiger partial charge < -0.3 is 9.13 Å². The molecule has 0 aliphatic carbocycles. The Morgan fingerprint density at radius 2 is 1.96 bits per heavy atom. The second kappa shape index (κ2) is 6.94. The summed E-state index contributed by atoms with van der Waals surface area (Å²) < 4.78 is 3.40. The molecule has 2 N–H and O–H groups in total. The molecule has 0 aliphatic heterocycles. The van der Waals surface area contributed by atoms with Crippen LogP contribution in [0.3, 0.4) is 0 Å². The Bertz CT molecular complexity index is 999. The van der Waals surface area contributed by atoms with Gasteiger partial charge >= 0.3 is 4.87 Å². The number of aryl methyl sites for hydroxylation is 2. The summed E-state index contributed by atoms with van der Waals surface area (Å²) in [5.41, 5.74) is 7.07. The Kier molecular flexibility index (Phi) is 4.71. The molecule has 0 aliphatic rings. The summed E-state index contributed by atoms with van der Waals surface area (Å²) in [4.78, 5) is 35.8. The highest BCUT2D eigenvalue weighted by molar-refractivity contribution is 7.07. The van der Waals surface area contributed by atoms with E-state index >= 15 is 0 Å². The highest BCUT2D eigenvalue weighted by Crippen LogP contribution is 2.19. The number of para-hydroxylation sites is 1. The molecule has 1 aromatic carbocycles. The van der Waals surface area contributed by atoms with Gasteiger partial charge in [0.05, 0.1) is 5.56 Å². The van der Waals surface area contributed by atoms with Crippen LogP contribution in [0.15, 0.2) is 40.6 Å². The maximum atomic E-state index is 12.3. The van der Waals surface area contributed by atoms with E-state index in [1.807, 2.05) is 42.8 Å². The number of nitrogens with zero attached hydrogens (tertiary/aromatic N) is 2. The maximum Gasteiger partial charge on any atom is 0.307 e. The van der Waals surface area contributed by atoms with Crippen LogP contribution in [0.5, 0.6) is 0 Å². The van der Waals surface area contributed by atoms with Gasteiger partial charge in [0.2, 0.25) is 5.91 Å². The Morgan fingerprint density at radius 3 is 2.68 bits per heavy atom. The third-order valence-electron chi connectivity index (χ3n) is 4.00. The molecule has 0 spiro atoms. The van der Waals surface area contributed by atoms with Crippen LogP contribution in [-0.2, 0) is 18.4 Å². The lowest BCUT2D eigenvalue weighted by Gasteiger charge is -2.08. The van der Waals surface area contributed by atoms with E-state index in [4.69, 9.17) is 0 Å². The molecule has 0 unspecified atom stereocenters. The van der Waals surface area contributed by atoms with Crippen LogP contribution in [-0.4, -0.2) is 20.9 Å². The maximum absolute atomic E-state index is 12.3. The van der Waals surface area contributed by atoms with E-state index in [9.17, 15) is 14.4 Å². The first-order valence-corrected chi connectivity index (χ1v) is 8.63. The minimum atomic E-state index is -0.381. The highest BCUT2D eigenvalue weighted by atomic mass is 32.1. The Morgan fingerprint density at radius 1 is 1.20 bits per heavy atom. The second-order valence-corrected chi connectivity index (χ2v) is 6.54. The Labute approximate surface area is 147 Å². The molecule has 0 atom stereocenters. The van der Waals surface area contributed by atoms with Crippen LogP contribution in [0.25, 0.3) is 10.9 Å². The lowest BCUT2D eigenvalue weighted by Crippen LogP contribution is -2.42. The number of rotatable bonds is 4. The molecule has 2 aromatic heterocycles. The van der Waals surface area contributed by atoms with Crippen molar-refractivity contribution in [3.8, 4) is 0 Å². The summed E-state index contributed by atoms with van der Waals surface area (Å²) in [7, 11) is 1.86. The first-order valence-electron chi connectivity index (χ1n) is 7.75. The summed E-state index contributed by atoms with van der Waals surface area (Å²) >= 11 is 1.11. The number of hydrogen-bond acceptors (Lipinski definition) is 4. The van der Waals surface area contributed by atoms with Crippen molar-refractivity contribution in [1.29, 1.82) is 0 Å². The molecule has 0 radical (unpaired) electrons. The predicted octanol–water partition coefficient (Wildman–Crippen LogP) is 1.56. The topological polar surface area (TPSA) is 85.1 Å². The molecule has 3 aromatic rings. The van der Waals surface area contributed by atoms with E-state index in [2.05, 4.69) is 10.9 Å². The highest BCUT2D eigenvalue weighted by Gasteiger charge is 2.14. The average Bonchev–Trinajstić information content (AvgIpc) is 3.11. The number of fused-ring (bicyclic) bond motifs is 1. The van der Waals surface area contributed by atoms with E-state index in [1.165, 1.54) is 4.57 Å². The Balaban J connectivity index is 1.60. The van der Waals surface area contributed by atoms with Gasteiger partial charge in [0, 0.05) is 48.2 Å². The summed E-state index contributed by atoms with van der Waals surface area (Å²) in [6, 6.07) is 7.54. The number of nitrogens with one attached hydrogen (secondary N) is 2. The molecule has 2 amide bonds. The van der Waals surface area contributed by atoms with Crippen molar-refractivity contribution in [3.63, 3.8) is 0 Å². The molecule has 0 saturated heterocycles. The zero-order valence-corrected chi connectivity index (χ0v) is 14.7. The standard InChI is InChI=1S/C17H18N4O3S/c1-11-10-25-17(24)21(11)8-7-15(22)18-19-16(23)13-9-20(2)14-6-4-3-5-12(13)14/h3-6,9-10H,7-8H2,1-2H3,(H,18,22)(H,19,23). The van der Waals surface area contributed by atoms with Crippen LogP contribution in [0.1, 0.15) is 22.5 Å². The largest absolute Gasteiger partial charge is 0.350 e. The lowest BCUT2D eigenvalue weighted by atomic mass is 10.2. The molecule has 0 bridgehead atoms. The fourth-order valence-electron chi connectivity index (χ4n) is 2.67. The fraction of sp³-hybridized carbons (Fsp3) is 0.235. The summed E-state index contributed by atoms with van der Waals surface area (Å²) in [5.74, 6) is -0.736. The molecule has 7 nitrogen and oxygen atoms in total. The SMILES string of the molecule is Cc1csc(=O)n1CCC(=O)NNC(=O)c1cn(C)c2ccccc12. The van der Waals surface area contributed by atoms with E-state index in [0.717, 1.165) is 27.9 Å². The zero-order valence-electron chi connectivity index (χ0n) is 13.9. The quantitative estimate of drug-likeness (QED) is 0.694. The van der Waals surface area contributed by atoms with Gasteiger partial charge in [0.1, 0.15) is 0 Å². The van der Waals surface area contributed by atoms with Gasteiger partial charge in [-0.15, -0.1) is 0 Å². The number of thiazole rings is 1. The van der Waals surface area contributed by atoms with Crippen molar-refractivity contribution in [3.05, 3.63) is 56.8 Å². The van der Waals surface area contributed by atoms with Gasteiger partial charge in [-0.3, -0.25) is 25.2 Å². The first kappa shape index (κ1) is 17.0. The monoisotopic (exact) mass is 358 g/mol. The smallest absolute Gasteiger partial charge is 0.307 e. The number of amides is 2. The van der Waals surface area contributed by atoms with Crippen LogP contribution >= 0.6 is 11.3 Å². The van der Waals surface area contributed by atoms with Gasteiger partial charge in [0.25, 0.3) is 5.91 Å². The van der Waals surface area contributed by atoms with E-state index in [0.29, 0.717) is 5.56 Å². The van der Waals surface area contributed by atoms with Crippen LogP contribution in [0, 0.1) is 6.92 Å². The first-order chi connectivity index (χ1) is 12.0. The second-order valence-electron chi connectivity index (χ2n) is 5.72. The van der Waals surface area contributed by atoms with Gasteiger partial charge in [-0.05, 0) is 13.0 Å². The number of hydrogen-bond donors (Lipinski definition) is 2. The zero-order chi connectivity index (χ0) is 18.0. The van der Waals surface area contributed by atoms with Crippen LogP contribution in [0.4, 0.5) is 0 Å². The molecule has 2 heterocycles. The third kappa shape index (κ3) is 3.48. The molecule has 0 saturated carbocycles. The van der Waals surface area contributed by atoms with Crippen molar-refractivity contribution in [2.24, 2.45) is 7.05 Å². The van der Waals surface area contributed by atoms with Crippen LogP contribution in [0.2, 0.25) is 0 Å². The molecule has 3 rings (SSSR count). The number of carbonyl (C=O) groups excluding carboxylic acids is 2. The van der Waals surface area contributed by atoms with E-state index in [-0.39, 0.29) is 29.7 Å². The third-order valence-corrected chi connectivity index (χ3v) is 4.88. The van der Waals surface area contributed by atoms with Crippen molar-refractivity contribution in [2.75, 3.05) is 0 Å². The van der Waals surface area contributed by atoms with Gasteiger partial charge in [-0.1, -0.05) is 29.5 Å². The number of aromatic nitrogens is 2. The molecule has 0 fully saturated rings. The molecular formula is C17H18N4O3S. The van der Waals surface area contributed by atoms with E-state index in [1.54, 1.807) is 11.6 Å². The minimum Gasteiger partial charge on any atom is -0.350 e. The normalized spacial score (nSPS) is 10.8.